The van der Waals surface area contributed by atoms with Crippen LogP contribution in [0.15, 0.2) is 47.2 Å². The molecule has 0 aliphatic carbocycles. The van der Waals surface area contributed by atoms with Crippen LogP contribution in [0.2, 0.25) is 0 Å². The molecule has 2 aromatic heterocycles. The van der Waals surface area contributed by atoms with E-state index in [9.17, 15) is 4.79 Å². The first kappa shape index (κ1) is 9.72. The standard InChI is InChI=1S/C13H8N2O2/c16-8-12-10(5-6-17-12)13-14-7-9-3-1-2-4-11(9)15-13/h1-8H. The van der Waals surface area contributed by atoms with E-state index in [-0.39, 0.29) is 5.76 Å². The molecule has 1 aromatic carbocycles. The summed E-state index contributed by atoms with van der Waals surface area (Å²) in [5, 5.41) is 0.965. The molecule has 3 aromatic rings. The number of carbonyl (C=O) groups excluding carboxylic acids is 1. The fourth-order valence-corrected chi connectivity index (χ4v) is 1.70. The molecule has 0 saturated heterocycles. The number of carbonyl (C=O) groups is 1. The molecule has 82 valence electrons. The van der Waals surface area contributed by atoms with Gasteiger partial charge in [0.25, 0.3) is 0 Å². The van der Waals surface area contributed by atoms with Crippen LogP contribution >= 0.6 is 0 Å². The third kappa shape index (κ3) is 1.59. The van der Waals surface area contributed by atoms with E-state index in [0.29, 0.717) is 17.7 Å². The van der Waals surface area contributed by atoms with Crippen molar-refractivity contribution >= 4 is 17.2 Å². The zero-order valence-electron chi connectivity index (χ0n) is 8.83. The maximum atomic E-state index is 10.8. The Kier molecular flexibility index (Phi) is 2.19. The number of benzene rings is 1. The van der Waals surface area contributed by atoms with Crippen LogP contribution in [0.1, 0.15) is 10.6 Å². The van der Waals surface area contributed by atoms with E-state index in [1.807, 2.05) is 24.3 Å². The van der Waals surface area contributed by atoms with Crippen LogP contribution in [0.3, 0.4) is 0 Å². The molecule has 0 spiro atoms. The minimum atomic E-state index is 0.250. The molecular weight excluding hydrogens is 216 g/mol. The van der Waals surface area contributed by atoms with Gasteiger partial charge in [0.2, 0.25) is 0 Å². The Morgan fingerprint density at radius 3 is 2.94 bits per heavy atom. The first-order valence-electron chi connectivity index (χ1n) is 5.13. The van der Waals surface area contributed by atoms with Gasteiger partial charge in [-0.15, -0.1) is 0 Å². The number of furan rings is 1. The third-order valence-electron chi connectivity index (χ3n) is 2.53. The summed E-state index contributed by atoms with van der Waals surface area (Å²) in [4.78, 5) is 19.4. The van der Waals surface area contributed by atoms with Crippen molar-refractivity contribution in [2.45, 2.75) is 0 Å². The van der Waals surface area contributed by atoms with Gasteiger partial charge < -0.3 is 4.42 Å². The van der Waals surface area contributed by atoms with Gasteiger partial charge in [-0.2, -0.15) is 0 Å². The number of rotatable bonds is 2. The van der Waals surface area contributed by atoms with Crippen LogP contribution in [-0.2, 0) is 0 Å². The van der Waals surface area contributed by atoms with E-state index < -0.39 is 0 Å². The summed E-state index contributed by atoms with van der Waals surface area (Å²) >= 11 is 0. The Hall–Kier alpha value is -2.49. The molecule has 4 heteroatoms. The molecule has 0 aliphatic heterocycles. The molecule has 2 heterocycles. The van der Waals surface area contributed by atoms with Gasteiger partial charge in [-0.1, -0.05) is 18.2 Å². The van der Waals surface area contributed by atoms with Crippen molar-refractivity contribution in [3.05, 3.63) is 48.6 Å². The first-order valence-corrected chi connectivity index (χ1v) is 5.13. The highest BCUT2D eigenvalue weighted by atomic mass is 16.3. The number of hydrogen-bond donors (Lipinski definition) is 0. The maximum absolute atomic E-state index is 10.8. The molecule has 0 saturated carbocycles. The normalized spacial score (nSPS) is 10.6. The summed E-state index contributed by atoms with van der Waals surface area (Å²) in [7, 11) is 0. The van der Waals surface area contributed by atoms with Gasteiger partial charge in [-0.25, -0.2) is 9.97 Å². The molecule has 0 radical (unpaired) electrons. The summed E-state index contributed by atoms with van der Waals surface area (Å²) < 4.78 is 5.03. The lowest BCUT2D eigenvalue weighted by molar-refractivity contribution is 0.110. The van der Waals surface area contributed by atoms with Gasteiger partial charge >= 0.3 is 0 Å². The van der Waals surface area contributed by atoms with Crippen LogP contribution in [-0.4, -0.2) is 16.3 Å². The van der Waals surface area contributed by atoms with E-state index in [4.69, 9.17) is 4.42 Å². The fraction of sp³-hybridized carbons (Fsp3) is 0. The van der Waals surface area contributed by atoms with E-state index in [1.165, 1.54) is 6.26 Å². The van der Waals surface area contributed by atoms with Gasteiger partial charge in [0.1, 0.15) is 0 Å². The Labute approximate surface area is 96.9 Å². The van der Waals surface area contributed by atoms with Gasteiger partial charge in [-0.05, 0) is 12.1 Å². The summed E-state index contributed by atoms with van der Waals surface area (Å²) in [5.74, 6) is 0.750. The van der Waals surface area contributed by atoms with Gasteiger partial charge in [0, 0.05) is 11.6 Å². The molecule has 0 fully saturated rings. The number of aromatic nitrogens is 2. The molecular formula is C13H8N2O2. The second-order valence-electron chi connectivity index (χ2n) is 3.57. The number of aldehydes is 1. The number of para-hydroxylation sites is 1. The average Bonchev–Trinajstić information content (AvgIpc) is 2.86. The van der Waals surface area contributed by atoms with Crippen molar-refractivity contribution in [3.63, 3.8) is 0 Å². The molecule has 4 nitrogen and oxygen atoms in total. The van der Waals surface area contributed by atoms with Crippen LogP contribution in [0, 0.1) is 0 Å². The smallest absolute Gasteiger partial charge is 0.186 e. The quantitative estimate of drug-likeness (QED) is 0.628. The maximum Gasteiger partial charge on any atom is 0.186 e. The number of fused-ring (bicyclic) bond motifs is 1. The topological polar surface area (TPSA) is 56.0 Å². The SMILES string of the molecule is O=Cc1occc1-c1ncc2ccccc2n1. The van der Waals surface area contributed by atoms with E-state index in [0.717, 1.165) is 10.9 Å². The molecule has 0 amide bonds. The molecule has 17 heavy (non-hydrogen) atoms. The van der Waals surface area contributed by atoms with Gasteiger partial charge in [0.15, 0.2) is 17.9 Å². The molecule has 3 rings (SSSR count). The Bertz CT molecular complexity index is 688. The number of hydrogen-bond acceptors (Lipinski definition) is 4. The second-order valence-corrected chi connectivity index (χ2v) is 3.57. The minimum absolute atomic E-state index is 0.250. The molecule has 0 unspecified atom stereocenters. The summed E-state index contributed by atoms with van der Waals surface area (Å²) in [5.41, 5.74) is 1.46. The Morgan fingerprint density at radius 1 is 1.18 bits per heavy atom. The fourth-order valence-electron chi connectivity index (χ4n) is 1.70. The largest absolute Gasteiger partial charge is 0.461 e. The van der Waals surface area contributed by atoms with Crippen LogP contribution in [0.4, 0.5) is 0 Å². The highest BCUT2D eigenvalue weighted by molar-refractivity contribution is 5.84. The van der Waals surface area contributed by atoms with E-state index in [1.54, 1.807) is 12.3 Å². The summed E-state index contributed by atoms with van der Waals surface area (Å²) in [6.45, 7) is 0. The lowest BCUT2D eigenvalue weighted by Crippen LogP contribution is -1.91. The van der Waals surface area contributed by atoms with Crippen molar-refractivity contribution in [3.8, 4) is 11.4 Å². The zero-order valence-corrected chi connectivity index (χ0v) is 8.83. The van der Waals surface area contributed by atoms with Crippen LogP contribution < -0.4 is 0 Å². The second kappa shape index (κ2) is 3.83. The summed E-state index contributed by atoms with van der Waals surface area (Å²) in [6, 6.07) is 9.37. The zero-order chi connectivity index (χ0) is 11.7. The van der Waals surface area contributed by atoms with Crippen LogP contribution in [0.25, 0.3) is 22.3 Å². The molecule has 0 aliphatic rings. The average molecular weight is 224 g/mol. The van der Waals surface area contributed by atoms with Crippen molar-refractivity contribution in [1.82, 2.24) is 9.97 Å². The molecule has 0 N–H and O–H groups in total. The van der Waals surface area contributed by atoms with Crippen molar-refractivity contribution in [2.75, 3.05) is 0 Å². The lowest BCUT2D eigenvalue weighted by atomic mass is 10.2. The predicted octanol–water partition coefficient (Wildman–Crippen LogP) is 2.70. The van der Waals surface area contributed by atoms with E-state index >= 15 is 0 Å². The van der Waals surface area contributed by atoms with Crippen LogP contribution in [0.5, 0.6) is 0 Å². The molecule has 0 bridgehead atoms. The van der Waals surface area contributed by atoms with Gasteiger partial charge in [-0.3, -0.25) is 4.79 Å². The predicted molar refractivity (Wildman–Crippen MR) is 62.6 cm³/mol. The Morgan fingerprint density at radius 2 is 2.06 bits per heavy atom. The third-order valence-corrected chi connectivity index (χ3v) is 2.53. The molecule has 0 atom stereocenters. The van der Waals surface area contributed by atoms with Crippen molar-refractivity contribution in [2.24, 2.45) is 0 Å². The van der Waals surface area contributed by atoms with Crippen molar-refractivity contribution < 1.29 is 9.21 Å². The first-order chi connectivity index (χ1) is 8.38. The highest BCUT2D eigenvalue weighted by Gasteiger charge is 2.10. The van der Waals surface area contributed by atoms with Gasteiger partial charge in [0.05, 0.1) is 17.3 Å². The number of nitrogens with zero attached hydrogens (tertiary/aromatic N) is 2. The lowest BCUT2D eigenvalue weighted by Gasteiger charge is -1.99. The van der Waals surface area contributed by atoms with E-state index in [2.05, 4.69) is 9.97 Å². The van der Waals surface area contributed by atoms with Crippen molar-refractivity contribution in [1.29, 1.82) is 0 Å². The Balaban J connectivity index is 2.21. The summed E-state index contributed by atoms with van der Waals surface area (Å²) in [6.07, 6.45) is 3.85. The monoisotopic (exact) mass is 224 g/mol. The highest BCUT2D eigenvalue weighted by Crippen LogP contribution is 2.21. The minimum Gasteiger partial charge on any atom is -0.461 e.